The lowest BCUT2D eigenvalue weighted by molar-refractivity contribution is -0.143. The van der Waals surface area contributed by atoms with Crippen LogP contribution in [0.5, 0.6) is 0 Å². The Morgan fingerprint density at radius 1 is 1.23 bits per heavy atom. The molecule has 22 heavy (non-hydrogen) atoms. The lowest BCUT2D eigenvalue weighted by Crippen LogP contribution is -2.45. The van der Waals surface area contributed by atoms with Crippen LogP contribution in [-0.2, 0) is 9.53 Å². The Hall–Kier alpha value is -1.26. The summed E-state index contributed by atoms with van der Waals surface area (Å²) >= 11 is 0. The van der Waals surface area contributed by atoms with Crippen molar-refractivity contribution in [2.75, 3.05) is 33.3 Å². The molecule has 0 aromatic carbocycles. The number of carbonyl (C=O) groups excluding carboxylic acids is 1. The minimum atomic E-state index is -0.0691. The number of nitrogens with zero attached hydrogens (tertiary/aromatic N) is 2. The summed E-state index contributed by atoms with van der Waals surface area (Å²) in [5.74, 6) is 1.81. The monoisotopic (exact) mass is 311 g/mol. The first kappa shape index (κ1) is 18.8. The highest BCUT2D eigenvalue weighted by Crippen LogP contribution is 2.15. The number of likely N-dealkylation sites (tertiary alicyclic amines) is 1. The van der Waals surface area contributed by atoms with E-state index in [2.05, 4.69) is 22.1 Å². The van der Waals surface area contributed by atoms with Crippen molar-refractivity contribution in [1.82, 2.24) is 10.2 Å². The molecule has 1 N–H and O–H groups in total. The predicted octanol–water partition coefficient (Wildman–Crippen LogP) is 2.81. The van der Waals surface area contributed by atoms with Crippen molar-refractivity contribution in [2.24, 2.45) is 10.9 Å². The summed E-state index contributed by atoms with van der Waals surface area (Å²) in [5, 5.41) is 3.46. The van der Waals surface area contributed by atoms with Gasteiger partial charge >= 0.3 is 5.97 Å². The molecule has 128 valence electrons. The second-order valence-corrected chi connectivity index (χ2v) is 6.11. The van der Waals surface area contributed by atoms with Gasteiger partial charge in [-0.05, 0) is 38.5 Å². The molecule has 1 fully saturated rings. The molecule has 1 heterocycles. The highest BCUT2D eigenvalue weighted by Gasteiger charge is 2.18. The first-order chi connectivity index (χ1) is 10.7. The first-order valence-electron chi connectivity index (χ1n) is 8.78. The van der Waals surface area contributed by atoms with Crippen LogP contribution in [0.4, 0.5) is 0 Å². The van der Waals surface area contributed by atoms with Crippen LogP contribution in [0.2, 0.25) is 0 Å². The number of unbranched alkanes of at least 4 members (excludes halogenated alkanes) is 3. The van der Waals surface area contributed by atoms with Gasteiger partial charge in [0, 0.05) is 33.1 Å². The zero-order valence-corrected chi connectivity index (χ0v) is 14.6. The van der Waals surface area contributed by atoms with E-state index in [9.17, 15) is 4.79 Å². The topological polar surface area (TPSA) is 53.9 Å². The quantitative estimate of drug-likeness (QED) is 0.324. The summed E-state index contributed by atoms with van der Waals surface area (Å²) < 4.78 is 4.92. The summed E-state index contributed by atoms with van der Waals surface area (Å²) in [7, 11) is 1.86. The van der Waals surface area contributed by atoms with Gasteiger partial charge in [-0.15, -0.1) is 0 Å². The van der Waals surface area contributed by atoms with Crippen molar-refractivity contribution >= 4 is 11.9 Å². The van der Waals surface area contributed by atoms with Crippen molar-refractivity contribution < 1.29 is 9.53 Å². The molecule has 1 rings (SSSR count). The normalized spacial score (nSPS) is 16.7. The fraction of sp³-hybridized carbons (Fsp3) is 0.882. The van der Waals surface area contributed by atoms with Crippen molar-refractivity contribution in [3.8, 4) is 0 Å². The van der Waals surface area contributed by atoms with Gasteiger partial charge < -0.3 is 15.0 Å². The molecule has 0 aromatic rings. The van der Waals surface area contributed by atoms with E-state index in [0.29, 0.717) is 13.0 Å². The number of aliphatic imine (C=N–C) groups is 1. The molecular weight excluding hydrogens is 278 g/mol. The minimum absolute atomic E-state index is 0.0691. The molecule has 0 atom stereocenters. The summed E-state index contributed by atoms with van der Waals surface area (Å²) in [5.41, 5.74) is 0. The SMILES string of the molecule is CCOC(=O)CCCCCCNC(=NC)N1CCC(C)CC1. The van der Waals surface area contributed by atoms with Gasteiger partial charge in [-0.25, -0.2) is 0 Å². The maximum absolute atomic E-state index is 11.2. The summed E-state index contributed by atoms with van der Waals surface area (Å²) in [6, 6.07) is 0. The summed E-state index contributed by atoms with van der Waals surface area (Å²) in [4.78, 5) is 17.9. The molecule has 5 nitrogen and oxygen atoms in total. The Labute approximate surface area is 135 Å². The molecule has 0 unspecified atom stereocenters. The van der Waals surface area contributed by atoms with Gasteiger partial charge in [0.15, 0.2) is 5.96 Å². The zero-order chi connectivity index (χ0) is 16.2. The van der Waals surface area contributed by atoms with Gasteiger partial charge in [-0.1, -0.05) is 19.8 Å². The molecule has 0 radical (unpaired) electrons. The average Bonchev–Trinajstić information content (AvgIpc) is 2.51. The second kappa shape index (κ2) is 11.3. The molecule has 0 saturated carbocycles. The maximum Gasteiger partial charge on any atom is 0.305 e. The molecule has 0 aliphatic carbocycles. The Balaban J connectivity index is 2.04. The maximum atomic E-state index is 11.2. The molecule has 1 aliphatic heterocycles. The van der Waals surface area contributed by atoms with Gasteiger partial charge in [0.1, 0.15) is 0 Å². The second-order valence-electron chi connectivity index (χ2n) is 6.11. The zero-order valence-electron chi connectivity index (χ0n) is 14.6. The Bertz CT molecular complexity index is 337. The van der Waals surface area contributed by atoms with Crippen LogP contribution in [0.3, 0.4) is 0 Å². The van der Waals surface area contributed by atoms with Gasteiger partial charge in [-0.2, -0.15) is 0 Å². The number of ether oxygens (including phenoxy) is 1. The van der Waals surface area contributed by atoms with Crippen molar-refractivity contribution in [3.63, 3.8) is 0 Å². The van der Waals surface area contributed by atoms with Crippen LogP contribution in [0, 0.1) is 5.92 Å². The van der Waals surface area contributed by atoms with E-state index in [1.807, 2.05) is 14.0 Å². The van der Waals surface area contributed by atoms with Crippen molar-refractivity contribution in [2.45, 2.75) is 58.8 Å². The van der Waals surface area contributed by atoms with E-state index in [0.717, 1.165) is 57.2 Å². The van der Waals surface area contributed by atoms with Crippen LogP contribution < -0.4 is 5.32 Å². The first-order valence-corrected chi connectivity index (χ1v) is 8.78. The van der Waals surface area contributed by atoms with E-state index in [1.165, 1.54) is 12.8 Å². The molecule has 1 saturated heterocycles. The largest absolute Gasteiger partial charge is 0.466 e. The summed E-state index contributed by atoms with van der Waals surface area (Å²) in [6.07, 6.45) is 7.34. The third kappa shape index (κ3) is 7.66. The van der Waals surface area contributed by atoms with Crippen molar-refractivity contribution in [3.05, 3.63) is 0 Å². The minimum Gasteiger partial charge on any atom is -0.466 e. The molecule has 5 heteroatoms. The van der Waals surface area contributed by atoms with E-state index in [-0.39, 0.29) is 5.97 Å². The number of rotatable bonds is 8. The van der Waals surface area contributed by atoms with Crippen LogP contribution in [0.1, 0.15) is 58.8 Å². The standard InChI is InChI=1S/C17H33N3O2/c1-4-22-16(21)9-7-5-6-8-12-19-17(18-3)20-13-10-15(2)11-14-20/h15H,4-14H2,1-3H3,(H,18,19). The number of nitrogens with one attached hydrogen (secondary N) is 1. The Morgan fingerprint density at radius 2 is 1.91 bits per heavy atom. The summed E-state index contributed by atoms with van der Waals surface area (Å²) in [6.45, 7) is 7.83. The number of carbonyl (C=O) groups is 1. The van der Waals surface area contributed by atoms with E-state index >= 15 is 0 Å². The number of hydrogen-bond donors (Lipinski definition) is 1. The van der Waals surface area contributed by atoms with E-state index in [4.69, 9.17) is 4.74 Å². The van der Waals surface area contributed by atoms with Gasteiger partial charge in [-0.3, -0.25) is 9.79 Å². The van der Waals surface area contributed by atoms with Gasteiger partial charge in [0.05, 0.1) is 6.61 Å². The number of guanidine groups is 1. The number of piperidine rings is 1. The highest BCUT2D eigenvalue weighted by atomic mass is 16.5. The molecule has 0 amide bonds. The lowest BCUT2D eigenvalue weighted by atomic mass is 10.00. The Kier molecular flexibility index (Phi) is 9.67. The number of esters is 1. The molecule has 1 aliphatic rings. The van der Waals surface area contributed by atoms with Gasteiger partial charge in [0.2, 0.25) is 0 Å². The number of hydrogen-bond acceptors (Lipinski definition) is 3. The van der Waals surface area contributed by atoms with Crippen LogP contribution >= 0.6 is 0 Å². The third-order valence-corrected chi connectivity index (χ3v) is 4.19. The lowest BCUT2D eigenvalue weighted by Gasteiger charge is -2.32. The van der Waals surface area contributed by atoms with Crippen molar-refractivity contribution in [1.29, 1.82) is 0 Å². The molecular formula is C17H33N3O2. The van der Waals surface area contributed by atoms with E-state index in [1.54, 1.807) is 0 Å². The predicted molar refractivity (Wildman–Crippen MR) is 91.1 cm³/mol. The smallest absolute Gasteiger partial charge is 0.305 e. The third-order valence-electron chi connectivity index (χ3n) is 4.19. The van der Waals surface area contributed by atoms with E-state index < -0.39 is 0 Å². The Morgan fingerprint density at radius 3 is 2.55 bits per heavy atom. The highest BCUT2D eigenvalue weighted by molar-refractivity contribution is 5.79. The molecule has 0 aromatic heterocycles. The van der Waals surface area contributed by atoms with Crippen LogP contribution in [0.15, 0.2) is 4.99 Å². The van der Waals surface area contributed by atoms with Crippen LogP contribution in [0.25, 0.3) is 0 Å². The fourth-order valence-corrected chi connectivity index (χ4v) is 2.73. The average molecular weight is 311 g/mol. The van der Waals surface area contributed by atoms with Gasteiger partial charge in [0.25, 0.3) is 0 Å². The molecule has 0 bridgehead atoms. The molecule has 0 spiro atoms. The fourth-order valence-electron chi connectivity index (χ4n) is 2.73. The van der Waals surface area contributed by atoms with Crippen LogP contribution in [-0.4, -0.2) is 50.1 Å².